The third-order valence-corrected chi connectivity index (χ3v) is 2.99. The van der Waals surface area contributed by atoms with Gasteiger partial charge in [0.15, 0.2) is 0 Å². The molecule has 1 aromatic rings. The Kier molecular flexibility index (Phi) is 8.02. The summed E-state index contributed by atoms with van der Waals surface area (Å²) in [5.74, 6) is 0.869. The molecule has 1 aromatic carbocycles. The molecular formula is C18H21OTi. The second kappa shape index (κ2) is 9.57. The fraction of sp³-hybridized carbons (Fsp3) is 0.222. The molecule has 0 unspecified atom stereocenters. The minimum atomic E-state index is 0.869. The van der Waals surface area contributed by atoms with E-state index in [2.05, 4.69) is 58.6 Å². The van der Waals surface area contributed by atoms with Crippen LogP contribution < -0.4 is 4.74 Å². The van der Waals surface area contributed by atoms with E-state index in [9.17, 15) is 0 Å². The van der Waals surface area contributed by atoms with Gasteiger partial charge in [-0.3, -0.25) is 0 Å². The normalized spacial score (nSPS) is 13.1. The first-order valence-corrected chi connectivity index (χ1v) is 7.46. The molecule has 0 saturated heterocycles. The third-order valence-electron chi connectivity index (χ3n) is 2.41. The van der Waals surface area contributed by atoms with Crippen molar-refractivity contribution in [2.45, 2.75) is 27.2 Å². The van der Waals surface area contributed by atoms with Crippen molar-refractivity contribution >= 4 is 0 Å². The molecule has 20 heavy (non-hydrogen) atoms. The van der Waals surface area contributed by atoms with Crippen LogP contribution in [0.1, 0.15) is 27.2 Å². The summed E-state index contributed by atoms with van der Waals surface area (Å²) in [4.78, 5) is 0. The Balaban J connectivity index is 0.000000276. The molecule has 2 heteroatoms. The zero-order valence-electron chi connectivity index (χ0n) is 12.4. The Labute approximate surface area is 134 Å². The van der Waals surface area contributed by atoms with Crippen molar-refractivity contribution in [3.05, 3.63) is 75.9 Å². The molecule has 0 aliphatic heterocycles. The van der Waals surface area contributed by atoms with Crippen LogP contribution in [0.25, 0.3) is 0 Å². The van der Waals surface area contributed by atoms with Crippen LogP contribution in [0.3, 0.4) is 0 Å². The predicted molar refractivity (Wildman–Crippen MR) is 82.1 cm³/mol. The molecular weight excluding hydrogens is 280 g/mol. The molecule has 0 saturated carbocycles. The Hall–Kier alpha value is -1.31. The first-order valence-electron chi connectivity index (χ1n) is 6.68. The standard InChI is InChI=1S/C13H16O.C5H5.Ti/c1-11(2)9-12(3)10-14-13-7-5-4-6-8-13;1-2-4-5-3-1;/h4-10H,1-3H3;1-3H,4H2;. The zero-order valence-corrected chi connectivity index (χ0v) is 14.0. The molecule has 0 radical (unpaired) electrons. The molecule has 0 aromatic heterocycles. The van der Waals surface area contributed by atoms with Crippen LogP contribution in [0, 0.1) is 0 Å². The van der Waals surface area contributed by atoms with Crippen molar-refractivity contribution in [2.24, 2.45) is 0 Å². The van der Waals surface area contributed by atoms with Crippen molar-refractivity contribution in [3.8, 4) is 5.75 Å². The Morgan fingerprint density at radius 3 is 2.30 bits per heavy atom. The number of allylic oxidation sites excluding steroid dienone is 7. The Morgan fingerprint density at radius 1 is 1.15 bits per heavy atom. The van der Waals surface area contributed by atoms with Gasteiger partial charge >= 0.3 is 49.0 Å². The van der Waals surface area contributed by atoms with Crippen LogP contribution in [0.4, 0.5) is 0 Å². The second-order valence-corrected chi connectivity index (χ2v) is 5.84. The maximum atomic E-state index is 5.46. The molecule has 1 nitrogen and oxygen atoms in total. The van der Waals surface area contributed by atoms with Crippen LogP contribution in [0.5, 0.6) is 5.75 Å². The SMILES string of the molecule is CC(C)=CC(C)=COc1ccccc1.[Ti][C]1=CC=CC1. The fourth-order valence-electron chi connectivity index (χ4n) is 1.60. The van der Waals surface area contributed by atoms with Gasteiger partial charge < -0.3 is 4.74 Å². The Bertz CT molecular complexity index is 518. The van der Waals surface area contributed by atoms with E-state index >= 15 is 0 Å². The van der Waals surface area contributed by atoms with E-state index in [0.29, 0.717) is 0 Å². The topological polar surface area (TPSA) is 9.23 Å². The molecule has 1 aliphatic carbocycles. The molecule has 0 bridgehead atoms. The van der Waals surface area contributed by atoms with Crippen LogP contribution in [0.2, 0.25) is 0 Å². The van der Waals surface area contributed by atoms with Gasteiger partial charge in [-0.25, -0.2) is 0 Å². The first-order chi connectivity index (χ1) is 9.58. The van der Waals surface area contributed by atoms with Gasteiger partial charge in [-0.15, -0.1) is 0 Å². The monoisotopic (exact) mass is 301 g/mol. The number of benzene rings is 1. The Morgan fingerprint density at radius 2 is 1.85 bits per heavy atom. The van der Waals surface area contributed by atoms with E-state index in [0.717, 1.165) is 11.3 Å². The average molecular weight is 301 g/mol. The summed E-state index contributed by atoms with van der Waals surface area (Å²) in [5, 5.41) is 0. The summed E-state index contributed by atoms with van der Waals surface area (Å²) in [5.41, 5.74) is 2.39. The minimum absolute atomic E-state index is 0.869. The number of hydrogen-bond acceptors (Lipinski definition) is 1. The summed E-state index contributed by atoms with van der Waals surface area (Å²) < 4.78 is 6.93. The predicted octanol–water partition coefficient (Wildman–Crippen LogP) is 5.31. The van der Waals surface area contributed by atoms with Crippen molar-refractivity contribution in [3.63, 3.8) is 0 Å². The van der Waals surface area contributed by atoms with Crippen molar-refractivity contribution in [2.75, 3.05) is 0 Å². The van der Waals surface area contributed by atoms with Gasteiger partial charge in [0.25, 0.3) is 0 Å². The molecule has 0 heterocycles. The third kappa shape index (κ3) is 7.98. The molecule has 103 valence electrons. The molecule has 0 atom stereocenters. The van der Waals surface area contributed by atoms with Crippen LogP contribution in [0.15, 0.2) is 75.9 Å². The molecule has 0 fully saturated rings. The number of hydrogen-bond donors (Lipinski definition) is 0. The van der Waals surface area contributed by atoms with Crippen LogP contribution in [-0.4, -0.2) is 0 Å². The van der Waals surface area contributed by atoms with E-state index in [1.165, 1.54) is 15.9 Å². The van der Waals surface area contributed by atoms with E-state index in [-0.39, 0.29) is 0 Å². The number of ether oxygens (including phenoxy) is 1. The summed E-state index contributed by atoms with van der Waals surface area (Å²) in [6, 6.07) is 9.76. The van der Waals surface area contributed by atoms with Gasteiger partial charge in [-0.2, -0.15) is 0 Å². The average Bonchev–Trinajstić information content (AvgIpc) is 2.89. The molecule has 0 amide bonds. The molecule has 2 rings (SSSR count). The number of para-hydroxylation sites is 1. The van der Waals surface area contributed by atoms with E-state index in [4.69, 9.17) is 4.74 Å². The van der Waals surface area contributed by atoms with E-state index < -0.39 is 0 Å². The summed E-state index contributed by atoms with van der Waals surface area (Å²) in [7, 11) is 0. The fourth-order valence-corrected chi connectivity index (χ4v) is 1.93. The van der Waals surface area contributed by atoms with Gasteiger partial charge in [0.05, 0.1) is 6.26 Å². The molecule has 0 spiro atoms. The van der Waals surface area contributed by atoms with Gasteiger partial charge in [0, 0.05) is 0 Å². The van der Waals surface area contributed by atoms with Crippen LogP contribution >= 0.6 is 0 Å². The van der Waals surface area contributed by atoms with Gasteiger partial charge in [-0.1, -0.05) is 29.8 Å². The van der Waals surface area contributed by atoms with Gasteiger partial charge in [0.1, 0.15) is 5.75 Å². The van der Waals surface area contributed by atoms with Gasteiger partial charge in [-0.05, 0) is 38.5 Å². The summed E-state index contributed by atoms with van der Waals surface area (Å²) in [6.45, 7) is 6.16. The maximum absolute atomic E-state index is 5.46. The molecule has 1 aliphatic rings. The van der Waals surface area contributed by atoms with E-state index in [1.807, 2.05) is 37.3 Å². The van der Waals surface area contributed by atoms with Crippen molar-refractivity contribution < 1.29 is 25.2 Å². The summed E-state index contributed by atoms with van der Waals surface area (Å²) >= 11 is 2.14. The van der Waals surface area contributed by atoms with E-state index in [1.54, 1.807) is 6.26 Å². The second-order valence-electron chi connectivity index (χ2n) is 4.84. The van der Waals surface area contributed by atoms with Crippen LogP contribution in [-0.2, 0) is 20.4 Å². The van der Waals surface area contributed by atoms with Gasteiger partial charge in [0.2, 0.25) is 0 Å². The van der Waals surface area contributed by atoms with Crippen molar-refractivity contribution in [1.29, 1.82) is 0 Å². The summed E-state index contributed by atoms with van der Waals surface area (Å²) in [6.07, 6.45) is 11.4. The zero-order chi connectivity index (χ0) is 14.8. The first kappa shape index (κ1) is 16.7. The quantitative estimate of drug-likeness (QED) is 0.417. The van der Waals surface area contributed by atoms with Crippen molar-refractivity contribution in [1.82, 2.24) is 0 Å². The molecule has 0 N–H and O–H groups in total. The number of rotatable bonds is 3.